The molecule has 1 aliphatic rings. The molecule has 8 heteroatoms. The number of amides is 1. The molecule has 0 spiro atoms. The Bertz CT molecular complexity index is 541. The highest BCUT2D eigenvalue weighted by atomic mass is 35.5. The van der Waals surface area contributed by atoms with Crippen LogP contribution in [0.2, 0.25) is 5.02 Å². The van der Waals surface area contributed by atoms with Crippen molar-refractivity contribution in [1.29, 1.82) is 0 Å². The molecule has 134 valence electrons. The van der Waals surface area contributed by atoms with Crippen molar-refractivity contribution in [3.63, 3.8) is 0 Å². The molecular weight excluding hydrogens is 336 g/mol. The monoisotopic (exact) mass is 358 g/mol. The summed E-state index contributed by atoms with van der Waals surface area (Å²) in [6, 6.07) is 6.88. The van der Waals surface area contributed by atoms with E-state index < -0.39 is 12.1 Å². The van der Waals surface area contributed by atoms with Crippen LogP contribution in [0.4, 0.5) is 0 Å². The van der Waals surface area contributed by atoms with Crippen LogP contribution in [0.3, 0.4) is 0 Å². The summed E-state index contributed by atoms with van der Waals surface area (Å²) in [6.45, 7) is 1.82. The van der Waals surface area contributed by atoms with Crippen molar-refractivity contribution in [1.82, 2.24) is 5.32 Å². The molecule has 0 aliphatic heterocycles. The standard InChI is InChI=1S/C14H19ClN2O3.C2H4O2/c15-10-3-1-2-4-13(10)20-6-5-17-14(19)9-7-11(16)12(18)8-9;1-2(3)4/h1-4,9,11-12,18H,5-8,16H2,(H,17,19);1H3,(H,3,4)/t9-,11+,12+;/m0./s1. The van der Waals surface area contributed by atoms with Crippen molar-refractivity contribution in [2.24, 2.45) is 11.7 Å². The van der Waals surface area contributed by atoms with Gasteiger partial charge in [-0.15, -0.1) is 0 Å². The number of aliphatic hydroxyl groups is 1. The third kappa shape index (κ3) is 7.16. The second-order valence-electron chi connectivity index (χ2n) is 5.49. The van der Waals surface area contributed by atoms with E-state index >= 15 is 0 Å². The Balaban J connectivity index is 0.000000648. The van der Waals surface area contributed by atoms with Gasteiger partial charge in [0.2, 0.25) is 5.91 Å². The number of aliphatic carboxylic acids is 1. The number of halogens is 1. The van der Waals surface area contributed by atoms with E-state index in [4.69, 9.17) is 32.0 Å². The van der Waals surface area contributed by atoms with Crippen molar-refractivity contribution in [3.05, 3.63) is 29.3 Å². The number of nitrogens with one attached hydrogen (secondary N) is 1. The van der Waals surface area contributed by atoms with Gasteiger partial charge in [0, 0.05) is 18.9 Å². The van der Waals surface area contributed by atoms with E-state index in [9.17, 15) is 9.90 Å². The third-order valence-electron chi connectivity index (χ3n) is 3.44. The van der Waals surface area contributed by atoms with Gasteiger partial charge >= 0.3 is 0 Å². The number of carboxylic acids is 1. The zero-order chi connectivity index (χ0) is 18.1. The molecule has 0 unspecified atom stereocenters. The van der Waals surface area contributed by atoms with Crippen molar-refractivity contribution in [3.8, 4) is 5.75 Å². The molecule has 0 radical (unpaired) electrons. The lowest BCUT2D eigenvalue weighted by Gasteiger charge is -2.11. The molecule has 0 aromatic heterocycles. The maximum Gasteiger partial charge on any atom is 0.300 e. The summed E-state index contributed by atoms with van der Waals surface area (Å²) in [4.78, 5) is 20.9. The number of ether oxygens (including phenoxy) is 1. The molecule has 7 nitrogen and oxygen atoms in total. The number of para-hydroxylation sites is 1. The van der Waals surface area contributed by atoms with Gasteiger partial charge in [-0.05, 0) is 25.0 Å². The predicted molar refractivity (Wildman–Crippen MR) is 90.0 cm³/mol. The van der Waals surface area contributed by atoms with E-state index in [1.165, 1.54) is 0 Å². The van der Waals surface area contributed by atoms with Crippen LogP contribution >= 0.6 is 11.6 Å². The molecule has 2 rings (SSSR count). The van der Waals surface area contributed by atoms with Crippen molar-refractivity contribution >= 4 is 23.5 Å². The second-order valence-corrected chi connectivity index (χ2v) is 5.90. The summed E-state index contributed by atoms with van der Waals surface area (Å²) in [7, 11) is 0. The Morgan fingerprint density at radius 1 is 1.38 bits per heavy atom. The van der Waals surface area contributed by atoms with E-state index in [1.54, 1.807) is 12.1 Å². The summed E-state index contributed by atoms with van der Waals surface area (Å²) in [5.74, 6) is -0.526. The topological polar surface area (TPSA) is 122 Å². The van der Waals surface area contributed by atoms with E-state index in [0.29, 0.717) is 36.8 Å². The van der Waals surface area contributed by atoms with Crippen molar-refractivity contribution in [2.75, 3.05) is 13.2 Å². The SMILES string of the molecule is CC(=O)O.N[C@@H]1C[C@H](C(=O)NCCOc2ccccc2Cl)C[C@H]1O. The van der Waals surface area contributed by atoms with Crippen LogP contribution in [0.5, 0.6) is 5.75 Å². The van der Waals surface area contributed by atoms with Gasteiger partial charge in [0.15, 0.2) is 0 Å². The fourth-order valence-electron chi connectivity index (χ4n) is 2.30. The molecule has 1 fully saturated rings. The van der Waals surface area contributed by atoms with E-state index in [0.717, 1.165) is 6.92 Å². The van der Waals surface area contributed by atoms with Crippen LogP contribution in [0, 0.1) is 5.92 Å². The highest BCUT2D eigenvalue weighted by molar-refractivity contribution is 6.32. The Morgan fingerprint density at radius 3 is 2.54 bits per heavy atom. The van der Waals surface area contributed by atoms with Gasteiger partial charge in [0.1, 0.15) is 12.4 Å². The third-order valence-corrected chi connectivity index (χ3v) is 3.76. The predicted octanol–water partition coefficient (Wildman–Crippen LogP) is 1.02. The van der Waals surface area contributed by atoms with E-state index in [2.05, 4.69) is 5.32 Å². The van der Waals surface area contributed by atoms with E-state index in [1.807, 2.05) is 12.1 Å². The average molecular weight is 359 g/mol. The fraction of sp³-hybridized carbons (Fsp3) is 0.500. The minimum absolute atomic E-state index is 0.0836. The first-order valence-electron chi connectivity index (χ1n) is 7.59. The van der Waals surface area contributed by atoms with E-state index in [-0.39, 0.29) is 17.9 Å². The lowest BCUT2D eigenvalue weighted by Crippen LogP contribution is -2.33. The molecule has 1 saturated carbocycles. The van der Waals surface area contributed by atoms with Crippen molar-refractivity contribution in [2.45, 2.75) is 31.9 Å². The van der Waals surface area contributed by atoms with Crippen LogP contribution in [0.15, 0.2) is 24.3 Å². The lowest BCUT2D eigenvalue weighted by molar-refractivity contribution is -0.134. The number of carbonyl (C=O) groups is 2. The molecule has 0 saturated heterocycles. The summed E-state index contributed by atoms with van der Waals surface area (Å²) in [5, 5.41) is 20.3. The zero-order valence-corrected chi connectivity index (χ0v) is 14.2. The molecule has 24 heavy (non-hydrogen) atoms. The van der Waals surface area contributed by atoms with Crippen LogP contribution in [-0.2, 0) is 9.59 Å². The molecule has 3 atom stereocenters. The molecule has 1 aromatic carbocycles. The second kappa shape index (κ2) is 10.1. The largest absolute Gasteiger partial charge is 0.490 e. The van der Waals surface area contributed by atoms with Crippen LogP contribution in [0.1, 0.15) is 19.8 Å². The molecule has 5 N–H and O–H groups in total. The normalized spacial score (nSPS) is 22.2. The highest BCUT2D eigenvalue weighted by Gasteiger charge is 2.34. The van der Waals surface area contributed by atoms with Gasteiger partial charge in [-0.25, -0.2) is 0 Å². The van der Waals surface area contributed by atoms with Crippen molar-refractivity contribution < 1.29 is 24.5 Å². The van der Waals surface area contributed by atoms with Gasteiger partial charge in [-0.3, -0.25) is 9.59 Å². The Labute approximate surface area is 145 Å². The average Bonchev–Trinajstić information content (AvgIpc) is 2.84. The molecular formula is C16H23ClN2O5. The van der Waals surface area contributed by atoms with Gasteiger partial charge in [-0.1, -0.05) is 23.7 Å². The highest BCUT2D eigenvalue weighted by Crippen LogP contribution is 2.25. The zero-order valence-electron chi connectivity index (χ0n) is 13.4. The number of carbonyl (C=O) groups excluding carboxylic acids is 1. The Hall–Kier alpha value is -1.83. The van der Waals surface area contributed by atoms with Gasteiger partial charge in [-0.2, -0.15) is 0 Å². The summed E-state index contributed by atoms with van der Waals surface area (Å²) < 4.78 is 5.47. The number of hydrogen-bond donors (Lipinski definition) is 4. The van der Waals surface area contributed by atoms with Gasteiger partial charge in [0.05, 0.1) is 17.7 Å². The number of nitrogens with two attached hydrogens (primary N) is 1. The fourth-order valence-corrected chi connectivity index (χ4v) is 2.49. The number of benzene rings is 1. The van der Waals surface area contributed by atoms with Crippen LogP contribution in [0.25, 0.3) is 0 Å². The summed E-state index contributed by atoms with van der Waals surface area (Å²) >= 11 is 5.95. The molecule has 1 aliphatic carbocycles. The Kier molecular flexibility index (Phi) is 8.53. The summed E-state index contributed by atoms with van der Waals surface area (Å²) in [5.41, 5.74) is 5.68. The lowest BCUT2D eigenvalue weighted by atomic mass is 10.1. The van der Waals surface area contributed by atoms with Gasteiger partial charge < -0.3 is 26.0 Å². The van der Waals surface area contributed by atoms with Crippen LogP contribution in [-0.4, -0.2) is 47.4 Å². The minimum atomic E-state index is -0.833. The smallest absolute Gasteiger partial charge is 0.300 e. The first-order valence-corrected chi connectivity index (χ1v) is 7.97. The quantitative estimate of drug-likeness (QED) is 0.583. The number of rotatable bonds is 5. The van der Waals surface area contributed by atoms with Gasteiger partial charge in [0.25, 0.3) is 5.97 Å². The maximum absolute atomic E-state index is 11.9. The number of aliphatic hydroxyl groups excluding tert-OH is 1. The number of carboxylic acid groups (broad SMARTS) is 1. The first kappa shape index (κ1) is 20.2. The van der Waals surface area contributed by atoms with Crippen LogP contribution < -0.4 is 15.8 Å². The molecule has 1 aromatic rings. The molecule has 0 bridgehead atoms. The summed E-state index contributed by atoms with van der Waals surface area (Å²) in [6.07, 6.45) is 0.377. The first-order chi connectivity index (χ1) is 11.3. The number of hydrogen-bond acceptors (Lipinski definition) is 5. The Morgan fingerprint density at radius 2 is 2.00 bits per heavy atom. The molecule has 0 heterocycles. The molecule has 1 amide bonds. The maximum atomic E-state index is 11.9. The minimum Gasteiger partial charge on any atom is -0.490 e.